The molecule has 1 heterocycles. The standard InChI is InChI=1S/C23H31N3O4/c1-16(25-8-12-30-21-6-3-2-5-20(21)28)13-17-14-18-7-10-26(9-4-11-27)22(18)19(15-17)23(24)29/h2-3,5-6,14-16,25,27-28H,4,7-13H2,1H3,(H2,24,29)/t16-/m1/s1. The molecule has 0 radical (unpaired) electrons. The highest BCUT2D eigenvalue weighted by atomic mass is 16.5. The molecule has 1 amide bonds. The molecule has 0 bridgehead atoms. The molecule has 1 aliphatic rings. The summed E-state index contributed by atoms with van der Waals surface area (Å²) < 4.78 is 5.60. The molecule has 0 unspecified atom stereocenters. The highest BCUT2D eigenvalue weighted by molar-refractivity contribution is 6.00. The summed E-state index contributed by atoms with van der Waals surface area (Å²) in [5.41, 5.74) is 9.39. The number of fused-ring (bicyclic) bond motifs is 1. The van der Waals surface area contributed by atoms with Crippen LogP contribution in [0.5, 0.6) is 11.5 Å². The Bertz CT molecular complexity index is 872. The number of aliphatic hydroxyl groups is 1. The van der Waals surface area contributed by atoms with Gasteiger partial charge in [0.05, 0.1) is 11.3 Å². The summed E-state index contributed by atoms with van der Waals surface area (Å²) in [6.45, 7) is 4.86. The molecule has 2 aromatic carbocycles. The van der Waals surface area contributed by atoms with Crippen LogP contribution >= 0.6 is 0 Å². The van der Waals surface area contributed by atoms with E-state index in [1.165, 1.54) is 0 Å². The number of aromatic hydroxyl groups is 1. The van der Waals surface area contributed by atoms with Gasteiger partial charge in [-0.05, 0) is 55.5 Å². The van der Waals surface area contributed by atoms with Crippen molar-refractivity contribution in [2.45, 2.75) is 32.2 Å². The van der Waals surface area contributed by atoms with Crippen molar-refractivity contribution >= 4 is 11.6 Å². The van der Waals surface area contributed by atoms with Crippen molar-refractivity contribution in [3.05, 3.63) is 53.1 Å². The summed E-state index contributed by atoms with van der Waals surface area (Å²) in [5, 5.41) is 22.3. The van der Waals surface area contributed by atoms with Crippen LogP contribution in [0.4, 0.5) is 5.69 Å². The van der Waals surface area contributed by atoms with E-state index in [1.54, 1.807) is 18.2 Å². The lowest BCUT2D eigenvalue weighted by Gasteiger charge is -2.22. The zero-order valence-corrected chi connectivity index (χ0v) is 17.4. The van der Waals surface area contributed by atoms with E-state index in [-0.39, 0.29) is 18.4 Å². The SMILES string of the molecule is C[C@H](Cc1cc2c(c(C(N)=O)c1)N(CCCO)CC2)NCCOc1ccccc1O. The number of carbonyl (C=O) groups excluding carboxylic acids is 1. The maximum atomic E-state index is 12.1. The lowest BCUT2D eigenvalue weighted by atomic mass is 9.98. The van der Waals surface area contributed by atoms with E-state index in [9.17, 15) is 9.90 Å². The second-order valence-corrected chi connectivity index (χ2v) is 7.71. The molecular weight excluding hydrogens is 382 g/mol. The van der Waals surface area contributed by atoms with E-state index in [0.717, 1.165) is 42.7 Å². The predicted molar refractivity (Wildman–Crippen MR) is 117 cm³/mol. The van der Waals surface area contributed by atoms with E-state index in [0.29, 0.717) is 30.9 Å². The first-order chi connectivity index (χ1) is 14.5. The van der Waals surface area contributed by atoms with Crippen LogP contribution in [0.25, 0.3) is 0 Å². The van der Waals surface area contributed by atoms with Crippen molar-refractivity contribution < 1.29 is 19.7 Å². The van der Waals surface area contributed by atoms with Gasteiger partial charge in [-0.1, -0.05) is 18.2 Å². The third-order valence-electron chi connectivity index (χ3n) is 5.33. The smallest absolute Gasteiger partial charge is 0.250 e. The molecule has 3 rings (SSSR count). The molecule has 0 saturated carbocycles. The molecule has 2 aromatic rings. The number of hydrogen-bond donors (Lipinski definition) is 4. The lowest BCUT2D eigenvalue weighted by molar-refractivity contribution is 0.100. The van der Waals surface area contributed by atoms with Crippen molar-refractivity contribution in [2.75, 3.05) is 37.7 Å². The fraction of sp³-hybridized carbons (Fsp3) is 0.435. The van der Waals surface area contributed by atoms with Gasteiger partial charge in [-0.2, -0.15) is 0 Å². The van der Waals surface area contributed by atoms with Gasteiger partial charge in [0.15, 0.2) is 11.5 Å². The van der Waals surface area contributed by atoms with Crippen molar-refractivity contribution in [2.24, 2.45) is 5.73 Å². The topological polar surface area (TPSA) is 108 Å². The Morgan fingerprint density at radius 3 is 2.87 bits per heavy atom. The number of ether oxygens (including phenoxy) is 1. The average molecular weight is 414 g/mol. The minimum atomic E-state index is -0.416. The Labute approximate surface area is 177 Å². The molecule has 0 aliphatic carbocycles. The minimum Gasteiger partial charge on any atom is -0.504 e. The first kappa shape index (κ1) is 21.9. The fourth-order valence-corrected chi connectivity index (χ4v) is 3.95. The number of amides is 1. The van der Waals surface area contributed by atoms with Crippen LogP contribution in [0.3, 0.4) is 0 Å². The fourth-order valence-electron chi connectivity index (χ4n) is 3.95. The molecule has 0 spiro atoms. The van der Waals surface area contributed by atoms with Crippen LogP contribution in [0.15, 0.2) is 36.4 Å². The van der Waals surface area contributed by atoms with E-state index in [2.05, 4.69) is 23.2 Å². The van der Waals surface area contributed by atoms with Crippen LogP contribution in [0, 0.1) is 0 Å². The molecule has 5 N–H and O–H groups in total. The van der Waals surface area contributed by atoms with Gasteiger partial charge in [-0.3, -0.25) is 4.79 Å². The average Bonchev–Trinajstić information content (AvgIpc) is 3.13. The van der Waals surface area contributed by atoms with E-state index in [4.69, 9.17) is 15.6 Å². The molecule has 30 heavy (non-hydrogen) atoms. The maximum absolute atomic E-state index is 12.1. The molecule has 0 aromatic heterocycles. The summed E-state index contributed by atoms with van der Waals surface area (Å²) in [4.78, 5) is 14.2. The molecular formula is C23H31N3O4. The Morgan fingerprint density at radius 1 is 1.33 bits per heavy atom. The van der Waals surface area contributed by atoms with E-state index < -0.39 is 5.91 Å². The van der Waals surface area contributed by atoms with Gasteiger partial charge in [-0.25, -0.2) is 0 Å². The second-order valence-electron chi connectivity index (χ2n) is 7.71. The molecule has 1 aliphatic heterocycles. The Kier molecular flexibility index (Phi) is 7.54. The molecule has 162 valence electrons. The number of phenols is 1. The number of hydrogen-bond acceptors (Lipinski definition) is 6. The zero-order valence-electron chi connectivity index (χ0n) is 17.4. The summed E-state index contributed by atoms with van der Waals surface area (Å²) >= 11 is 0. The van der Waals surface area contributed by atoms with Crippen LogP contribution < -0.4 is 20.7 Å². The Balaban J connectivity index is 1.58. The van der Waals surface area contributed by atoms with E-state index >= 15 is 0 Å². The third-order valence-corrected chi connectivity index (χ3v) is 5.33. The molecule has 7 nitrogen and oxygen atoms in total. The zero-order chi connectivity index (χ0) is 21.5. The van der Waals surface area contributed by atoms with Gasteiger partial charge in [0.2, 0.25) is 0 Å². The van der Waals surface area contributed by atoms with Crippen LogP contribution in [-0.4, -0.2) is 55.0 Å². The number of nitrogens with zero attached hydrogens (tertiary/aromatic N) is 1. The molecule has 0 fully saturated rings. The van der Waals surface area contributed by atoms with E-state index in [1.807, 2.05) is 12.1 Å². The molecule has 7 heteroatoms. The number of carbonyl (C=O) groups is 1. The summed E-state index contributed by atoms with van der Waals surface area (Å²) in [7, 11) is 0. The van der Waals surface area contributed by atoms with Crippen LogP contribution in [-0.2, 0) is 12.8 Å². The third kappa shape index (κ3) is 5.43. The van der Waals surface area contributed by atoms with Gasteiger partial charge < -0.3 is 30.9 Å². The number of para-hydroxylation sites is 2. The normalized spacial score (nSPS) is 13.9. The molecule has 0 saturated heterocycles. The maximum Gasteiger partial charge on any atom is 0.250 e. The van der Waals surface area contributed by atoms with Gasteiger partial charge in [0.25, 0.3) is 5.91 Å². The lowest BCUT2D eigenvalue weighted by Crippen LogP contribution is -2.32. The Morgan fingerprint density at radius 2 is 2.13 bits per heavy atom. The Hall–Kier alpha value is -2.77. The summed E-state index contributed by atoms with van der Waals surface area (Å²) in [6.07, 6.45) is 2.31. The first-order valence-corrected chi connectivity index (χ1v) is 10.4. The quantitative estimate of drug-likeness (QED) is 0.419. The number of aliphatic hydroxyl groups excluding tert-OH is 1. The molecule has 1 atom stereocenters. The number of rotatable bonds is 11. The van der Waals surface area contributed by atoms with Crippen LogP contribution in [0.1, 0.15) is 34.8 Å². The number of nitrogens with two attached hydrogens (primary N) is 1. The van der Waals surface area contributed by atoms with Gasteiger partial charge in [0, 0.05) is 32.3 Å². The summed E-state index contributed by atoms with van der Waals surface area (Å²) in [6, 6.07) is 11.2. The number of phenolic OH excluding ortho intramolecular Hbond substituents is 1. The van der Waals surface area contributed by atoms with Crippen molar-refractivity contribution in [3.8, 4) is 11.5 Å². The van der Waals surface area contributed by atoms with Gasteiger partial charge in [-0.15, -0.1) is 0 Å². The largest absolute Gasteiger partial charge is 0.504 e. The number of anilines is 1. The van der Waals surface area contributed by atoms with Crippen molar-refractivity contribution in [3.63, 3.8) is 0 Å². The predicted octanol–water partition coefficient (Wildman–Crippen LogP) is 1.84. The minimum absolute atomic E-state index is 0.132. The highest BCUT2D eigenvalue weighted by Gasteiger charge is 2.25. The number of primary amides is 1. The second kappa shape index (κ2) is 10.3. The first-order valence-electron chi connectivity index (χ1n) is 10.4. The monoisotopic (exact) mass is 413 g/mol. The van der Waals surface area contributed by atoms with Crippen LogP contribution in [0.2, 0.25) is 0 Å². The summed E-state index contributed by atoms with van der Waals surface area (Å²) in [5.74, 6) is 0.193. The van der Waals surface area contributed by atoms with Crippen molar-refractivity contribution in [1.29, 1.82) is 0 Å². The highest BCUT2D eigenvalue weighted by Crippen LogP contribution is 2.33. The van der Waals surface area contributed by atoms with Gasteiger partial charge >= 0.3 is 0 Å². The number of nitrogens with one attached hydrogen (secondary N) is 1. The van der Waals surface area contributed by atoms with Crippen molar-refractivity contribution in [1.82, 2.24) is 5.32 Å². The number of benzene rings is 2. The van der Waals surface area contributed by atoms with Gasteiger partial charge in [0.1, 0.15) is 6.61 Å².